The number of hydrogen-bond donors (Lipinski definition) is 1. The maximum Gasteiger partial charge on any atom is 0.249 e. The van der Waals surface area contributed by atoms with Crippen LogP contribution in [0.1, 0.15) is 11.1 Å². The number of aromatic nitrogens is 2. The van der Waals surface area contributed by atoms with Crippen LogP contribution in [0, 0.1) is 6.92 Å². The van der Waals surface area contributed by atoms with Crippen LogP contribution in [0.3, 0.4) is 0 Å². The lowest BCUT2D eigenvalue weighted by molar-refractivity contribution is -0.111. The van der Waals surface area contributed by atoms with E-state index in [0.29, 0.717) is 5.82 Å². The molecule has 0 atom stereocenters. The Hall–Kier alpha value is -3.66. The fourth-order valence-electron chi connectivity index (χ4n) is 2.96. The van der Waals surface area contributed by atoms with Crippen LogP contribution in [0.5, 0.6) is 0 Å². The fourth-order valence-corrected chi connectivity index (χ4v) is 2.96. The number of benzene rings is 2. The van der Waals surface area contributed by atoms with Crippen molar-refractivity contribution in [3.63, 3.8) is 0 Å². The quantitative estimate of drug-likeness (QED) is 0.527. The van der Waals surface area contributed by atoms with Crippen LogP contribution in [0.25, 0.3) is 23.0 Å². The molecule has 4 nitrogen and oxygen atoms in total. The summed E-state index contributed by atoms with van der Waals surface area (Å²) in [5.74, 6) is 0.470. The number of pyridine rings is 1. The van der Waals surface area contributed by atoms with Gasteiger partial charge in [-0.1, -0.05) is 60.7 Å². The monoisotopic (exact) mass is 353 g/mol. The SMILES string of the molecule is Cc1ccn2c(NC(=O)C=Cc3ccccc3)c(-c3ccccc3)nc2c1. The van der Waals surface area contributed by atoms with Gasteiger partial charge in [-0.2, -0.15) is 0 Å². The van der Waals surface area contributed by atoms with Crippen LogP contribution in [-0.2, 0) is 4.79 Å². The highest BCUT2D eigenvalue weighted by Gasteiger charge is 2.15. The molecule has 1 amide bonds. The van der Waals surface area contributed by atoms with E-state index in [2.05, 4.69) is 5.32 Å². The van der Waals surface area contributed by atoms with Gasteiger partial charge in [0.25, 0.3) is 0 Å². The summed E-state index contributed by atoms with van der Waals surface area (Å²) in [7, 11) is 0. The number of fused-ring (bicyclic) bond motifs is 1. The van der Waals surface area contributed by atoms with Crippen LogP contribution >= 0.6 is 0 Å². The molecule has 2 aromatic heterocycles. The van der Waals surface area contributed by atoms with Crippen molar-refractivity contribution >= 4 is 23.4 Å². The fraction of sp³-hybridized carbons (Fsp3) is 0.0435. The molecule has 0 fully saturated rings. The molecule has 0 radical (unpaired) electrons. The number of nitrogens with zero attached hydrogens (tertiary/aromatic N) is 2. The van der Waals surface area contributed by atoms with E-state index >= 15 is 0 Å². The minimum absolute atomic E-state index is 0.196. The van der Waals surface area contributed by atoms with E-state index in [0.717, 1.165) is 28.0 Å². The highest BCUT2D eigenvalue weighted by atomic mass is 16.1. The summed E-state index contributed by atoms with van der Waals surface area (Å²) in [5.41, 5.74) is 4.61. The Balaban J connectivity index is 1.71. The molecule has 0 saturated carbocycles. The van der Waals surface area contributed by atoms with Crippen molar-refractivity contribution < 1.29 is 4.79 Å². The molecule has 4 heteroatoms. The van der Waals surface area contributed by atoms with Crippen molar-refractivity contribution in [1.29, 1.82) is 0 Å². The van der Waals surface area contributed by atoms with Gasteiger partial charge in [-0.25, -0.2) is 4.98 Å². The molecule has 0 saturated heterocycles. The van der Waals surface area contributed by atoms with Gasteiger partial charge in [0.05, 0.1) is 0 Å². The van der Waals surface area contributed by atoms with Gasteiger partial charge in [0.1, 0.15) is 17.2 Å². The van der Waals surface area contributed by atoms with Gasteiger partial charge >= 0.3 is 0 Å². The van der Waals surface area contributed by atoms with E-state index in [-0.39, 0.29) is 5.91 Å². The summed E-state index contributed by atoms with van der Waals surface area (Å²) in [6, 6.07) is 23.6. The molecule has 27 heavy (non-hydrogen) atoms. The summed E-state index contributed by atoms with van der Waals surface area (Å²) in [6.45, 7) is 2.03. The second-order valence-corrected chi connectivity index (χ2v) is 6.34. The van der Waals surface area contributed by atoms with Gasteiger partial charge in [0, 0.05) is 17.8 Å². The Morgan fingerprint density at radius 1 is 1.00 bits per heavy atom. The zero-order valence-electron chi connectivity index (χ0n) is 15.0. The standard InChI is InChI=1S/C23H19N3O/c1-17-14-15-26-20(16-17)24-22(19-10-6-3-7-11-19)23(26)25-21(27)13-12-18-8-4-2-5-9-18/h2-16H,1H3,(H,25,27). The van der Waals surface area contributed by atoms with Crippen molar-refractivity contribution in [3.8, 4) is 11.3 Å². The highest BCUT2D eigenvalue weighted by molar-refractivity contribution is 6.03. The number of nitrogens with one attached hydrogen (secondary N) is 1. The van der Waals surface area contributed by atoms with Gasteiger partial charge < -0.3 is 5.32 Å². The van der Waals surface area contributed by atoms with Gasteiger partial charge in [-0.15, -0.1) is 0 Å². The molecule has 4 rings (SSSR count). The lowest BCUT2D eigenvalue weighted by Gasteiger charge is -2.06. The van der Waals surface area contributed by atoms with E-state index < -0.39 is 0 Å². The Kier molecular flexibility index (Phi) is 4.54. The number of anilines is 1. The number of carbonyl (C=O) groups is 1. The van der Waals surface area contributed by atoms with Gasteiger partial charge in [-0.3, -0.25) is 9.20 Å². The van der Waals surface area contributed by atoms with Gasteiger partial charge in [-0.05, 0) is 36.3 Å². The second kappa shape index (κ2) is 7.30. The third kappa shape index (κ3) is 3.65. The number of imidazole rings is 1. The Morgan fingerprint density at radius 3 is 2.44 bits per heavy atom. The maximum absolute atomic E-state index is 12.5. The topological polar surface area (TPSA) is 46.4 Å². The van der Waals surface area contributed by atoms with E-state index in [1.165, 1.54) is 6.08 Å². The molecule has 0 unspecified atom stereocenters. The molecular weight excluding hydrogens is 334 g/mol. The number of carbonyl (C=O) groups excluding carboxylic acids is 1. The molecule has 132 valence electrons. The van der Waals surface area contributed by atoms with E-state index in [1.54, 1.807) is 6.08 Å². The average molecular weight is 353 g/mol. The van der Waals surface area contributed by atoms with Crippen molar-refractivity contribution in [2.45, 2.75) is 6.92 Å². The summed E-state index contributed by atoms with van der Waals surface area (Å²) in [6.07, 6.45) is 5.27. The number of hydrogen-bond acceptors (Lipinski definition) is 2. The third-order valence-corrected chi connectivity index (χ3v) is 4.30. The average Bonchev–Trinajstić information content (AvgIpc) is 3.05. The minimum Gasteiger partial charge on any atom is -0.306 e. The van der Waals surface area contributed by atoms with Crippen molar-refractivity contribution in [2.24, 2.45) is 0 Å². The molecule has 1 N–H and O–H groups in total. The molecule has 0 aliphatic carbocycles. The highest BCUT2D eigenvalue weighted by Crippen LogP contribution is 2.29. The molecule has 4 aromatic rings. The zero-order chi connectivity index (χ0) is 18.6. The van der Waals surface area contributed by atoms with Crippen LogP contribution in [0.4, 0.5) is 5.82 Å². The summed E-state index contributed by atoms with van der Waals surface area (Å²) < 4.78 is 1.91. The molecule has 0 bridgehead atoms. The van der Waals surface area contributed by atoms with Crippen LogP contribution in [0.2, 0.25) is 0 Å². The Labute approximate surface area is 157 Å². The normalized spacial score (nSPS) is 11.1. The summed E-state index contributed by atoms with van der Waals surface area (Å²) in [5, 5.41) is 3.00. The minimum atomic E-state index is -0.196. The second-order valence-electron chi connectivity index (χ2n) is 6.34. The van der Waals surface area contributed by atoms with Gasteiger partial charge in [0.15, 0.2) is 0 Å². The van der Waals surface area contributed by atoms with Crippen molar-refractivity contribution in [1.82, 2.24) is 9.38 Å². The molecule has 0 aliphatic rings. The van der Waals surface area contributed by atoms with Crippen LogP contribution in [-0.4, -0.2) is 15.3 Å². The number of aryl methyl sites for hydroxylation is 1. The first-order valence-corrected chi connectivity index (χ1v) is 8.79. The van der Waals surface area contributed by atoms with E-state index in [9.17, 15) is 4.79 Å². The predicted octanol–water partition coefficient (Wildman–Crippen LogP) is 4.96. The Bertz CT molecular complexity index is 1110. The van der Waals surface area contributed by atoms with E-state index in [1.807, 2.05) is 90.3 Å². The third-order valence-electron chi connectivity index (χ3n) is 4.30. The molecule has 2 heterocycles. The maximum atomic E-state index is 12.5. The molecule has 0 spiro atoms. The summed E-state index contributed by atoms with van der Waals surface area (Å²) >= 11 is 0. The van der Waals surface area contributed by atoms with Crippen LogP contribution < -0.4 is 5.32 Å². The van der Waals surface area contributed by atoms with Crippen molar-refractivity contribution in [2.75, 3.05) is 5.32 Å². The molecule has 2 aromatic carbocycles. The Morgan fingerprint density at radius 2 is 1.70 bits per heavy atom. The number of amides is 1. The van der Waals surface area contributed by atoms with Gasteiger partial charge in [0.2, 0.25) is 5.91 Å². The molecule has 0 aliphatic heterocycles. The first-order valence-electron chi connectivity index (χ1n) is 8.79. The first kappa shape index (κ1) is 16.8. The molecular formula is C23H19N3O. The lowest BCUT2D eigenvalue weighted by Crippen LogP contribution is -2.10. The van der Waals surface area contributed by atoms with Crippen molar-refractivity contribution in [3.05, 3.63) is 96.2 Å². The number of rotatable bonds is 4. The van der Waals surface area contributed by atoms with Crippen LogP contribution in [0.15, 0.2) is 85.1 Å². The smallest absolute Gasteiger partial charge is 0.249 e. The predicted molar refractivity (Wildman–Crippen MR) is 109 cm³/mol. The summed E-state index contributed by atoms with van der Waals surface area (Å²) in [4.78, 5) is 17.3. The largest absolute Gasteiger partial charge is 0.306 e. The van der Waals surface area contributed by atoms with E-state index in [4.69, 9.17) is 4.98 Å². The lowest BCUT2D eigenvalue weighted by atomic mass is 10.1. The first-order chi connectivity index (χ1) is 13.2. The zero-order valence-corrected chi connectivity index (χ0v) is 15.0.